The first-order chi connectivity index (χ1) is 14.8. The third-order valence-corrected chi connectivity index (χ3v) is 8.20. The summed E-state index contributed by atoms with van der Waals surface area (Å²) in [6.07, 6.45) is 2.45. The highest BCUT2D eigenvalue weighted by atomic mass is 16.6. The number of morpholine rings is 1. The number of carbonyl (C=O) groups excluding carboxylic acids is 2. The van der Waals surface area contributed by atoms with Crippen LogP contribution in [0.15, 0.2) is 0 Å². The van der Waals surface area contributed by atoms with Gasteiger partial charge in [0.15, 0.2) is 0 Å². The molecule has 3 fully saturated rings. The van der Waals surface area contributed by atoms with E-state index in [0.717, 1.165) is 19.3 Å². The van der Waals surface area contributed by atoms with E-state index in [2.05, 4.69) is 12.2 Å². The second-order valence-corrected chi connectivity index (χ2v) is 10.0. The van der Waals surface area contributed by atoms with Crippen LogP contribution in [0.5, 0.6) is 0 Å². The summed E-state index contributed by atoms with van der Waals surface area (Å²) in [7, 11) is 0. The first-order valence-corrected chi connectivity index (χ1v) is 11.8. The molecule has 1 aliphatic heterocycles. The van der Waals surface area contributed by atoms with Gasteiger partial charge in [-0.2, -0.15) is 0 Å². The van der Waals surface area contributed by atoms with Gasteiger partial charge in [0.2, 0.25) is 5.91 Å². The summed E-state index contributed by atoms with van der Waals surface area (Å²) in [5, 5.41) is 24.1. The van der Waals surface area contributed by atoms with Gasteiger partial charge in [0.1, 0.15) is 6.10 Å². The van der Waals surface area contributed by atoms with E-state index >= 15 is 0 Å². The van der Waals surface area contributed by atoms with Crippen LogP contribution in [0.3, 0.4) is 0 Å². The van der Waals surface area contributed by atoms with Gasteiger partial charge < -0.3 is 29.9 Å². The Morgan fingerprint density at radius 1 is 1.19 bits per heavy atom. The molecule has 6 atom stereocenters. The lowest BCUT2D eigenvalue weighted by molar-refractivity contribution is -0.187. The molecule has 1 unspecified atom stereocenters. The molecule has 0 aromatic carbocycles. The highest BCUT2D eigenvalue weighted by Crippen LogP contribution is 2.61. The van der Waals surface area contributed by atoms with Gasteiger partial charge in [0.25, 0.3) is 0 Å². The molecule has 2 amide bonds. The van der Waals surface area contributed by atoms with Crippen molar-refractivity contribution in [1.29, 1.82) is 0 Å². The fraction of sp³-hybridized carbons (Fsp3) is 0.913. The van der Waals surface area contributed by atoms with E-state index in [1.54, 1.807) is 0 Å². The third-order valence-electron chi connectivity index (χ3n) is 8.20. The molecule has 178 valence electrons. The molecule has 1 heterocycles. The topological polar surface area (TPSA) is 108 Å². The molecular formula is C23H40N2O6. The third kappa shape index (κ3) is 4.86. The quantitative estimate of drug-likeness (QED) is 0.582. The zero-order chi connectivity index (χ0) is 22.6. The normalized spacial score (nSPS) is 38.3. The van der Waals surface area contributed by atoms with Crippen LogP contribution >= 0.6 is 0 Å². The maximum Gasteiger partial charge on any atom is 0.407 e. The number of nitrogens with zero attached hydrogens (tertiary/aromatic N) is 1. The molecule has 1 saturated heterocycles. The molecule has 0 aromatic rings. The second-order valence-electron chi connectivity index (χ2n) is 10.0. The largest absolute Gasteiger partial charge is 0.446 e. The van der Waals surface area contributed by atoms with Crippen molar-refractivity contribution in [3.05, 3.63) is 0 Å². The van der Waals surface area contributed by atoms with Gasteiger partial charge in [-0.3, -0.25) is 4.79 Å². The lowest BCUT2D eigenvalue weighted by Crippen LogP contribution is -2.61. The van der Waals surface area contributed by atoms with E-state index in [-0.39, 0.29) is 29.8 Å². The molecule has 3 rings (SSSR count). The summed E-state index contributed by atoms with van der Waals surface area (Å²) in [6, 6.07) is 0. The van der Waals surface area contributed by atoms with Crippen molar-refractivity contribution in [2.45, 2.75) is 71.5 Å². The number of rotatable bonds is 6. The van der Waals surface area contributed by atoms with Crippen molar-refractivity contribution in [1.82, 2.24) is 10.2 Å². The average molecular weight is 441 g/mol. The number of alkyl carbamates (subject to hydrolysis) is 1. The highest BCUT2D eigenvalue weighted by Gasteiger charge is 2.60. The van der Waals surface area contributed by atoms with Crippen LogP contribution < -0.4 is 5.32 Å². The average Bonchev–Trinajstić information content (AvgIpc) is 2.77. The summed E-state index contributed by atoms with van der Waals surface area (Å²) in [5.41, 5.74) is -0.923. The summed E-state index contributed by atoms with van der Waals surface area (Å²) in [4.78, 5) is 27.1. The van der Waals surface area contributed by atoms with Crippen LogP contribution in [-0.4, -0.2) is 78.8 Å². The Bertz CT molecular complexity index is 640. The Labute approximate surface area is 185 Å². The number of hydrogen-bond acceptors (Lipinski definition) is 6. The minimum atomic E-state index is -0.614. The van der Waals surface area contributed by atoms with E-state index in [4.69, 9.17) is 9.47 Å². The lowest BCUT2D eigenvalue weighted by atomic mass is 9.46. The van der Waals surface area contributed by atoms with Crippen LogP contribution in [0.4, 0.5) is 4.79 Å². The summed E-state index contributed by atoms with van der Waals surface area (Å²) in [6.45, 7) is 8.89. The molecule has 0 spiro atoms. The molecule has 8 nitrogen and oxygen atoms in total. The van der Waals surface area contributed by atoms with Crippen molar-refractivity contribution in [3.8, 4) is 0 Å². The van der Waals surface area contributed by atoms with E-state index in [1.165, 1.54) is 0 Å². The number of nitrogens with one attached hydrogen (secondary N) is 1. The molecule has 0 aromatic heterocycles. The van der Waals surface area contributed by atoms with Gasteiger partial charge in [0.05, 0.1) is 25.9 Å². The Balaban J connectivity index is 1.77. The van der Waals surface area contributed by atoms with E-state index in [0.29, 0.717) is 52.1 Å². The monoisotopic (exact) mass is 440 g/mol. The number of hydrogen-bond donors (Lipinski definition) is 3. The molecule has 8 heteroatoms. The molecule has 3 aliphatic rings. The van der Waals surface area contributed by atoms with Crippen LogP contribution in [0.1, 0.15) is 59.3 Å². The SMILES string of the molecule is CCCNC(=O)O[C@@H]1CC[C@]2(C)C(CC[C@@H](O)[C@H]2CC(=O)N2CCOCC2)[C@]1(C)CO. The number of carbonyl (C=O) groups is 2. The standard InChI is InChI=1S/C23H40N2O6/c1-4-9-24-21(29)31-19-7-8-22(2)16(14-20(28)25-10-12-30-13-11-25)17(27)5-6-18(22)23(19,3)15-26/h16-19,26-27H,4-15H2,1-3H3,(H,24,29)/t16-,17-,18?,19-,22+,23+/m1/s1. The number of amides is 2. The molecule has 31 heavy (non-hydrogen) atoms. The fourth-order valence-electron chi connectivity index (χ4n) is 6.31. The van der Waals surface area contributed by atoms with Crippen molar-refractivity contribution in [3.63, 3.8) is 0 Å². The van der Waals surface area contributed by atoms with Gasteiger partial charge in [-0.1, -0.05) is 20.8 Å². The van der Waals surface area contributed by atoms with Gasteiger partial charge >= 0.3 is 6.09 Å². The van der Waals surface area contributed by atoms with Crippen molar-refractivity contribution >= 4 is 12.0 Å². The highest BCUT2D eigenvalue weighted by molar-refractivity contribution is 5.76. The summed E-state index contributed by atoms with van der Waals surface area (Å²) >= 11 is 0. The predicted molar refractivity (Wildman–Crippen MR) is 115 cm³/mol. The van der Waals surface area contributed by atoms with Gasteiger partial charge in [-0.25, -0.2) is 4.79 Å². The number of ether oxygens (including phenoxy) is 2. The molecule has 0 radical (unpaired) electrons. The summed E-state index contributed by atoms with van der Waals surface area (Å²) < 4.78 is 11.1. The number of aliphatic hydroxyl groups excluding tert-OH is 2. The first-order valence-electron chi connectivity index (χ1n) is 11.8. The second kappa shape index (κ2) is 10.0. The minimum absolute atomic E-state index is 0.0496. The zero-order valence-electron chi connectivity index (χ0n) is 19.3. The smallest absolute Gasteiger partial charge is 0.407 e. The maximum atomic E-state index is 13.0. The Kier molecular flexibility index (Phi) is 7.86. The maximum absolute atomic E-state index is 13.0. The molecule has 3 N–H and O–H groups in total. The van der Waals surface area contributed by atoms with Gasteiger partial charge in [0, 0.05) is 31.5 Å². The minimum Gasteiger partial charge on any atom is -0.446 e. The van der Waals surface area contributed by atoms with Crippen molar-refractivity contribution in [2.75, 3.05) is 39.5 Å². The molecular weight excluding hydrogens is 400 g/mol. The predicted octanol–water partition coefficient (Wildman–Crippen LogP) is 1.93. The summed E-state index contributed by atoms with van der Waals surface area (Å²) in [5.74, 6) is -0.0619. The Morgan fingerprint density at radius 2 is 1.90 bits per heavy atom. The van der Waals surface area contributed by atoms with Crippen LogP contribution in [-0.2, 0) is 14.3 Å². The zero-order valence-corrected chi connectivity index (χ0v) is 19.3. The number of aliphatic hydroxyl groups is 2. The molecule has 2 saturated carbocycles. The Morgan fingerprint density at radius 3 is 2.55 bits per heavy atom. The van der Waals surface area contributed by atoms with E-state index in [1.807, 2.05) is 18.7 Å². The van der Waals surface area contributed by atoms with Crippen LogP contribution in [0, 0.1) is 22.7 Å². The van der Waals surface area contributed by atoms with E-state index < -0.39 is 23.7 Å². The lowest BCUT2D eigenvalue weighted by Gasteiger charge is -2.60. The van der Waals surface area contributed by atoms with Gasteiger partial charge in [-0.15, -0.1) is 0 Å². The van der Waals surface area contributed by atoms with Crippen LogP contribution in [0.25, 0.3) is 0 Å². The van der Waals surface area contributed by atoms with E-state index in [9.17, 15) is 19.8 Å². The molecule has 2 aliphatic carbocycles. The number of fused-ring (bicyclic) bond motifs is 1. The Hall–Kier alpha value is -1.38. The van der Waals surface area contributed by atoms with Crippen molar-refractivity contribution < 1.29 is 29.3 Å². The molecule has 0 bridgehead atoms. The van der Waals surface area contributed by atoms with Crippen LogP contribution in [0.2, 0.25) is 0 Å². The van der Waals surface area contributed by atoms with Crippen molar-refractivity contribution in [2.24, 2.45) is 22.7 Å². The van der Waals surface area contributed by atoms with Gasteiger partial charge in [-0.05, 0) is 49.4 Å². The first kappa shape index (κ1) is 24.3. The fourth-order valence-corrected chi connectivity index (χ4v) is 6.31.